The molecule has 5 rings (SSSR count). The van der Waals surface area contributed by atoms with Crippen LogP contribution < -0.4 is 5.32 Å². The zero-order chi connectivity index (χ0) is 36.7. The Morgan fingerprint density at radius 3 is 2.40 bits per heavy atom. The van der Waals surface area contributed by atoms with Gasteiger partial charge < -0.3 is 29.0 Å². The summed E-state index contributed by atoms with van der Waals surface area (Å²) < 4.78 is 29.8. The Morgan fingerprint density at radius 2 is 1.80 bits per heavy atom. The maximum absolute atomic E-state index is 15.9. The van der Waals surface area contributed by atoms with Gasteiger partial charge >= 0.3 is 18.0 Å². The summed E-state index contributed by atoms with van der Waals surface area (Å²) >= 11 is 2.32. The van der Waals surface area contributed by atoms with Crippen LogP contribution in [0.25, 0.3) is 0 Å². The molecule has 1 amide bonds. The fourth-order valence-corrected chi connectivity index (χ4v) is 9.51. The fourth-order valence-electron chi connectivity index (χ4n) is 8.84. The van der Waals surface area contributed by atoms with E-state index in [1.807, 2.05) is 19.1 Å². The molecule has 1 aromatic rings. The normalized spacial score (nSPS) is 28.2. The van der Waals surface area contributed by atoms with E-state index in [1.54, 1.807) is 45.0 Å². The smallest absolute Gasteiger partial charge is 0.407 e. The highest BCUT2D eigenvalue weighted by molar-refractivity contribution is 14.1. The molecule has 1 aromatic carbocycles. The van der Waals surface area contributed by atoms with Gasteiger partial charge in [0.2, 0.25) is 0 Å². The van der Waals surface area contributed by atoms with Gasteiger partial charge in [-0.25, -0.2) is 9.59 Å². The van der Waals surface area contributed by atoms with E-state index in [1.165, 1.54) is 14.0 Å². The lowest BCUT2D eigenvalue weighted by Crippen LogP contribution is -2.76. The molecule has 4 aliphatic rings. The number of halogens is 1. The number of hydrogen-bond donors (Lipinski definition) is 1. The molecule has 12 heteroatoms. The summed E-state index contributed by atoms with van der Waals surface area (Å²) in [6.45, 7) is 8.61. The van der Waals surface area contributed by atoms with Crippen molar-refractivity contribution in [2.24, 2.45) is 28.1 Å². The van der Waals surface area contributed by atoms with Crippen molar-refractivity contribution in [1.82, 2.24) is 5.32 Å². The summed E-state index contributed by atoms with van der Waals surface area (Å²) in [7, 11) is 1.52. The Labute approximate surface area is 309 Å². The lowest BCUT2D eigenvalue weighted by Gasteiger charge is -2.70. The van der Waals surface area contributed by atoms with Crippen LogP contribution in [-0.4, -0.2) is 79.4 Å². The molecule has 0 unspecified atom stereocenters. The second kappa shape index (κ2) is 16.7. The molecule has 6 atom stereocenters. The van der Waals surface area contributed by atoms with Gasteiger partial charge in [-0.2, -0.15) is 0 Å². The molecule has 0 saturated heterocycles. The van der Waals surface area contributed by atoms with Gasteiger partial charge in [-0.3, -0.25) is 14.4 Å². The maximum Gasteiger partial charge on any atom is 0.407 e. The summed E-state index contributed by atoms with van der Waals surface area (Å²) in [6, 6.07) is 8.69. The van der Waals surface area contributed by atoms with Crippen molar-refractivity contribution in [3.05, 3.63) is 47.5 Å². The molecule has 276 valence electrons. The highest BCUT2D eigenvalue weighted by Gasteiger charge is 2.78. The second-order valence-electron chi connectivity index (χ2n) is 14.8. The molecular formula is C38H52INO10. The molecule has 3 fully saturated rings. The van der Waals surface area contributed by atoms with Gasteiger partial charge in [0.1, 0.15) is 12.4 Å². The zero-order valence-corrected chi connectivity index (χ0v) is 32.3. The minimum atomic E-state index is -1.38. The minimum Gasteiger partial charge on any atom is -0.466 e. The number of alkyl halides is 1. The summed E-state index contributed by atoms with van der Waals surface area (Å²) in [5.41, 5.74) is -3.44. The van der Waals surface area contributed by atoms with Gasteiger partial charge in [-0.1, -0.05) is 53.8 Å². The van der Waals surface area contributed by atoms with Gasteiger partial charge in [-0.05, 0) is 87.7 Å². The second-order valence-corrected chi connectivity index (χ2v) is 15.8. The zero-order valence-electron chi connectivity index (χ0n) is 30.1. The predicted molar refractivity (Wildman–Crippen MR) is 194 cm³/mol. The number of amides is 1. The third-order valence-corrected chi connectivity index (χ3v) is 11.4. The minimum absolute atomic E-state index is 0.0645. The van der Waals surface area contributed by atoms with Crippen LogP contribution in [0, 0.1) is 28.1 Å². The average Bonchev–Trinajstić information content (AvgIpc) is 3.51. The number of ether oxygens (including phenoxy) is 5. The highest BCUT2D eigenvalue weighted by Crippen LogP contribution is 2.73. The lowest BCUT2D eigenvalue weighted by atomic mass is 9.33. The van der Waals surface area contributed by atoms with E-state index in [9.17, 15) is 19.2 Å². The monoisotopic (exact) mass is 809 g/mol. The van der Waals surface area contributed by atoms with Crippen molar-refractivity contribution in [3.8, 4) is 0 Å². The molecule has 2 bridgehead atoms. The number of allylic oxidation sites excluding steroid dienone is 2. The van der Waals surface area contributed by atoms with Gasteiger partial charge in [0, 0.05) is 38.0 Å². The van der Waals surface area contributed by atoms with E-state index >= 15 is 4.79 Å². The van der Waals surface area contributed by atoms with E-state index in [4.69, 9.17) is 23.7 Å². The number of benzene rings is 1. The number of fused-ring (bicyclic) bond motifs is 3. The number of hydrogen-bond acceptors (Lipinski definition) is 10. The van der Waals surface area contributed by atoms with Crippen LogP contribution in [-0.2, 0) is 38.1 Å². The average molecular weight is 810 g/mol. The molecule has 0 aromatic heterocycles. The Balaban J connectivity index is 1.91. The van der Waals surface area contributed by atoms with Crippen LogP contribution in [0.15, 0.2) is 42.0 Å². The first-order chi connectivity index (χ1) is 23.7. The molecule has 4 aliphatic carbocycles. The first-order valence-corrected chi connectivity index (χ1v) is 19.0. The van der Waals surface area contributed by atoms with Crippen LogP contribution in [0.5, 0.6) is 0 Å². The number of carbonyl (C=O) groups excluding carboxylic acids is 5. The molecule has 0 spiro atoms. The molecule has 50 heavy (non-hydrogen) atoms. The van der Waals surface area contributed by atoms with Gasteiger partial charge in [-0.15, -0.1) is 0 Å². The van der Waals surface area contributed by atoms with Gasteiger partial charge in [0.15, 0.2) is 11.6 Å². The number of esters is 2. The number of nitrogens with one attached hydrogen (secondary N) is 1. The molecule has 3 saturated carbocycles. The van der Waals surface area contributed by atoms with E-state index in [0.717, 1.165) is 0 Å². The molecule has 0 radical (unpaired) electrons. The summed E-state index contributed by atoms with van der Waals surface area (Å²) in [4.78, 5) is 68.1. The Bertz CT molecular complexity index is 1440. The summed E-state index contributed by atoms with van der Waals surface area (Å²) in [5.74, 6) is -2.03. The quantitative estimate of drug-likeness (QED) is 0.0498. The van der Waals surface area contributed by atoms with Crippen molar-refractivity contribution in [2.45, 2.75) is 91.3 Å². The van der Waals surface area contributed by atoms with Crippen LogP contribution in [0.4, 0.5) is 4.79 Å². The van der Waals surface area contributed by atoms with E-state index < -0.39 is 51.9 Å². The fraction of sp³-hybridized carbons (Fsp3) is 0.658. The standard InChI is InChI=1S/C38H52INO10/c1-25(22-40-34(45)50-35(3,4)5)37-19-18-36(29(16-20-39)31(37)49-24-46-6,23-48-32(43)27-12-8-7-9-13-27)38(33(37)44,17-11-21-47-26(2)41)28-14-10-15-30(28)42/h7-9,12-14,25,29,31H,10-11,15-24H2,1-6H3,(H,40,45)/t25-,29-,31-,36-,37+,38+/m1/s1. The number of carbonyl (C=O) groups is 5. The lowest BCUT2D eigenvalue weighted by molar-refractivity contribution is -0.259. The first-order valence-electron chi connectivity index (χ1n) is 17.5. The topological polar surface area (TPSA) is 144 Å². The Kier molecular flexibility index (Phi) is 13.3. The van der Waals surface area contributed by atoms with Gasteiger partial charge in [0.05, 0.1) is 35.7 Å². The van der Waals surface area contributed by atoms with Gasteiger partial charge in [0.25, 0.3) is 0 Å². The van der Waals surface area contributed by atoms with E-state index in [0.29, 0.717) is 47.7 Å². The molecule has 0 heterocycles. The van der Waals surface area contributed by atoms with Crippen molar-refractivity contribution >= 4 is 52.2 Å². The molecule has 0 aliphatic heterocycles. The van der Waals surface area contributed by atoms with E-state index in [2.05, 4.69) is 27.9 Å². The summed E-state index contributed by atoms with van der Waals surface area (Å²) in [6.07, 6.45) is 3.35. The molecular weight excluding hydrogens is 757 g/mol. The number of alkyl carbamates (subject to hydrolysis) is 1. The largest absolute Gasteiger partial charge is 0.466 e. The third-order valence-electron chi connectivity index (χ3n) is 10.8. The third kappa shape index (κ3) is 7.81. The van der Waals surface area contributed by atoms with Crippen molar-refractivity contribution in [1.29, 1.82) is 0 Å². The van der Waals surface area contributed by atoms with Crippen LogP contribution in [0.1, 0.15) is 89.9 Å². The van der Waals surface area contributed by atoms with Crippen LogP contribution >= 0.6 is 22.6 Å². The van der Waals surface area contributed by atoms with E-state index in [-0.39, 0.29) is 56.9 Å². The van der Waals surface area contributed by atoms with Crippen LogP contribution in [0.3, 0.4) is 0 Å². The van der Waals surface area contributed by atoms with Crippen molar-refractivity contribution in [2.75, 3.05) is 38.1 Å². The summed E-state index contributed by atoms with van der Waals surface area (Å²) in [5, 5.41) is 2.88. The number of Topliss-reactive ketones (excluding diaryl/α,β-unsaturated/α-hetero) is 2. The van der Waals surface area contributed by atoms with Crippen LogP contribution in [0.2, 0.25) is 0 Å². The number of methoxy groups -OCH3 is 1. The number of rotatable bonds is 16. The van der Waals surface area contributed by atoms with Crippen molar-refractivity contribution in [3.63, 3.8) is 0 Å². The molecule has 11 nitrogen and oxygen atoms in total. The first kappa shape index (κ1) is 39.9. The Morgan fingerprint density at radius 1 is 1.08 bits per heavy atom. The Hall–Kier alpha value is -2.84. The highest BCUT2D eigenvalue weighted by atomic mass is 127. The maximum atomic E-state index is 15.9. The van der Waals surface area contributed by atoms with Crippen molar-refractivity contribution < 1.29 is 47.7 Å². The number of ketones is 2. The SMILES string of the molecule is COCO[C@@H]1[C@@H](CCI)[C@]2(COC(=O)c3ccccc3)CC[C@@]1([C@H](C)CNC(=O)OC(C)(C)C)C(=O)[C@]2(CCCOC(C)=O)C1=CCCC1=O. The molecule has 1 N–H and O–H groups in total. The predicted octanol–water partition coefficient (Wildman–Crippen LogP) is 6.40.